The first-order chi connectivity index (χ1) is 14.4. The largest absolute Gasteiger partial charge is 0.364 e. The Bertz CT molecular complexity index is 1080. The lowest BCUT2D eigenvalue weighted by molar-refractivity contribution is 0.0944. The molecule has 0 aliphatic heterocycles. The fourth-order valence-corrected chi connectivity index (χ4v) is 3.99. The summed E-state index contributed by atoms with van der Waals surface area (Å²) in [6.07, 6.45) is 3.35. The van der Waals surface area contributed by atoms with Gasteiger partial charge in [0.1, 0.15) is 6.73 Å². The third-order valence-electron chi connectivity index (χ3n) is 4.32. The van der Waals surface area contributed by atoms with Crippen LogP contribution in [0.1, 0.15) is 16.9 Å². The number of carbonyl (C=O) groups is 1. The number of nitrogens with zero attached hydrogens (tertiary/aromatic N) is 4. The molecule has 0 spiro atoms. The first-order valence-electron chi connectivity index (χ1n) is 9.20. The number of methoxy groups -OCH3 is 1. The van der Waals surface area contributed by atoms with Crippen LogP contribution >= 0.6 is 0 Å². The molecule has 0 bridgehead atoms. The Hall–Kier alpha value is -3.02. The van der Waals surface area contributed by atoms with Crippen molar-refractivity contribution in [1.82, 2.24) is 24.3 Å². The van der Waals surface area contributed by atoms with Crippen LogP contribution in [0.15, 0.2) is 58.5 Å². The molecule has 0 aliphatic carbocycles. The maximum Gasteiger partial charge on any atom is 0.276 e. The summed E-state index contributed by atoms with van der Waals surface area (Å²) in [6.45, 7) is 0.566. The smallest absolute Gasteiger partial charge is 0.276 e. The quantitative estimate of drug-likeness (QED) is 0.482. The first kappa shape index (κ1) is 21.7. The van der Waals surface area contributed by atoms with E-state index in [0.29, 0.717) is 12.2 Å². The lowest BCUT2D eigenvalue weighted by Crippen LogP contribution is -2.33. The molecule has 0 radical (unpaired) electrons. The van der Waals surface area contributed by atoms with Crippen molar-refractivity contribution in [2.24, 2.45) is 0 Å². The van der Waals surface area contributed by atoms with Gasteiger partial charge in [-0.3, -0.25) is 9.36 Å². The second-order valence-electron chi connectivity index (χ2n) is 6.48. The van der Waals surface area contributed by atoms with E-state index in [4.69, 9.17) is 9.26 Å². The van der Waals surface area contributed by atoms with Crippen LogP contribution in [0.2, 0.25) is 0 Å². The third kappa shape index (κ3) is 4.93. The van der Waals surface area contributed by atoms with E-state index in [1.165, 1.54) is 35.4 Å². The van der Waals surface area contributed by atoms with Crippen molar-refractivity contribution in [3.63, 3.8) is 0 Å². The average molecular weight is 433 g/mol. The molecule has 3 aromatic rings. The summed E-state index contributed by atoms with van der Waals surface area (Å²) in [5.41, 5.74) is 0.985. The van der Waals surface area contributed by atoms with Crippen LogP contribution < -0.4 is 5.32 Å². The van der Waals surface area contributed by atoms with E-state index in [0.717, 1.165) is 5.56 Å². The van der Waals surface area contributed by atoms with Gasteiger partial charge in [-0.1, -0.05) is 35.5 Å². The summed E-state index contributed by atoms with van der Waals surface area (Å²) in [7, 11) is -0.826. The zero-order valence-corrected chi connectivity index (χ0v) is 17.5. The lowest BCUT2D eigenvalue weighted by Gasteiger charge is -2.17. The van der Waals surface area contributed by atoms with Gasteiger partial charge < -0.3 is 14.6 Å². The summed E-state index contributed by atoms with van der Waals surface area (Å²) in [5, 5.41) is 6.41. The number of aromatic nitrogens is 3. The molecule has 0 atom stereocenters. The summed E-state index contributed by atoms with van der Waals surface area (Å²) in [4.78, 5) is 16.2. The van der Waals surface area contributed by atoms with E-state index < -0.39 is 10.0 Å². The molecule has 2 aromatic heterocycles. The van der Waals surface area contributed by atoms with Gasteiger partial charge in [-0.15, -0.1) is 0 Å². The number of hydrogen-bond donors (Lipinski definition) is 1. The van der Waals surface area contributed by atoms with Gasteiger partial charge in [0.25, 0.3) is 15.9 Å². The van der Waals surface area contributed by atoms with Gasteiger partial charge in [0.05, 0.1) is 0 Å². The molecule has 2 heterocycles. The molecule has 11 heteroatoms. The molecule has 0 saturated heterocycles. The van der Waals surface area contributed by atoms with Crippen molar-refractivity contribution < 1.29 is 22.5 Å². The number of sulfonamides is 1. The maximum atomic E-state index is 12.7. The third-order valence-corrected chi connectivity index (χ3v) is 6.13. The van der Waals surface area contributed by atoms with Crippen LogP contribution in [-0.4, -0.2) is 60.6 Å². The summed E-state index contributed by atoms with van der Waals surface area (Å²) < 4.78 is 38.1. The number of benzene rings is 1. The molecule has 160 valence electrons. The van der Waals surface area contributed by atoms with Gasteiger partial charge >= 0.3 is 0 Å². The van der Waals surface area contributed by atoms with E-state index in [-0.39, 0.29) is 36.6 Å². The number of imidazole rings is 1. The van der Waals surface area contributed by atoms with Crippen LogP contribution in [0, 0.1) is 0 Å². The van der Waals surface area contributed by atoms with Crippen molar-refractivity contribution in [3.8, 4) is 11.3 Å². The Morgan fingerprint density at radius 2 is 2.07 bits per heavy atom. The molecule has 30 heavy (non-hydrogen) atoms. The zero-order valence-electron chi connectivity index (χ0n) is 16.7. The first-order valence-corrected chi connectivity index (χ1v) is 10.6. The van der Waals surface area contributed by atoms with E-state index in [9.17, 15) is 13.2 Å². The normalized spacial score (nSPS) is 11.7. The number of ether oxygens (including phenoxy) is 1. The van der Waals surface area contributed by atoms with Crippen molar-refractivity contribution in [3.05, 3.63) is 54.5 Å². The van der Waals surface area contributed by atoms with Gasteiger partial charge in [-0.2, -0.15) is 4.31 Å². The minimum absolute atomic E-state index is 0.0845. The fourth-order valence-electron chi connectivity index (χ4n) is 2.74. The van der Waals surface area contributed by atoms with Crippen molar-refractivity contribution in [2.45, 2.75) is 18.3 Å². The van der Waals surface area contributed by atoms with Crippen LogP contribution in [0.4, 0.5) is 0 Å². The second-order valence-corrected chi connectivity index (χ2v) is 8.41. The van der Waals surface area contributed by atoms with E-state index in [1.807, 2.05) is 30.3 Å². The van der Waals surface area contributed by atoms with E-state index >= 15 is 0 Å². The van der Waals surface area contributed by atoms with Gasteiger partial charge in [0, 0.05) is 51.3 Å². The second kappa shape index (κ2) is 9.65. The van der Waals surface area contributed by atoms with Crippen molar-refractivity contribution in [2.75, 3.05) is 27.2 Å². The number of nitrogens with one attached hydrogen (secondary N) is 1. The molecule has 0 unspecified atom stereocenters. The zero-order chi connectivity index (χ0) is 21.6. The predicted molar refractivity (Wildman–Crippen MR) is 108 cm³/mol. The highest BCUT2D eigenvalue weighted by Gasteiger charge is 2.25. The molecule has 0 saturated carbocycles. The topological polar surface area (TPSA) is 120 Å². The molecular formula is C19H23N5O5S. The van der Waals surface area contributed by atoms with Gasteiger partial charge in [-0.25, -0.2) is 13.4 Å². The Labute approximate surface area is 174 Å². The summed E-state index contributed by atoms with van der Waals surface area (Å²) in [5.74, 6) is 0.111. The predicted octanol–water partition coefficient (Wildman–Crippen LogP) is 1.58. The van der Waals surface area contributed by atoms with Gasteiger partial charge in [0.2, 0.25) is 5.16 Å². The highest BCUT2D eigenvalue weighted by Crippen LogP contribution is 2.19. The summed E-state index contributed by atoms with van der Waals surface area (Å²) in [6, 6.07) is 10.9. The minimum Gasteiger partial charge on any atom is -0.364 e. The van der Waals surface area contributed by atoms with E-state index in [1.54, 1.807) is 6.07 Å². The molecule has 10 nitrogen and oxygen atoms in total. The Kier molecular flexibility index (Phi) is 6.98. The highest BCUT2D eigenvalue weighted by atomic mass is 32.2. The standard InChI is InChI=1S/C19H23N5O5S/c1-23(30(26,27)19-21-10-12-24(19)14-28-2)11-6-9-20-18(25)16-13-17(29-22-16)15-7-4-3-5-8-15/h3-5,7-8,10,12-13H,6,9,11,14H2,1-2H3,(H,20,25). The van der Waals surface area contributed by atoms with Crippen molar-refractivity contribution in [1.29, 1.82) is 0 Å². The molecule has 1 aromatic carbocycles. The van der Waals surface area contributed by atoms with Crippen LogP contribution in [0.3, 0.4) is 0 Å². The molecule has 1 amide bonds. The average Bonchev–Trinajstić information content (AvgIpc) is 3.42. The SMILES string of the molecule is COCn1ccnc1S(=O)(=O)N(C)CCCNC(=O)c1cc(-c2ccccc2)on1. The number of hydrogen-bond acceptors (Lipinski definition) is 7. The van der Waals surface area contributed by atoms with Gasteiger partial charge in [0.15, 0.2) is 11.5 Å². The molecule has 1 N–H and O–H groups in total. The van der Waals surface area contributed by atoms with E-state index in [2.05, 4.69) is 15.5 Å². The Morgan fingerprint density at radius 3 is 2.80 bits per heavy atom. The maximum absolute atomic E-state index is 12.7. The molecule has 3 rings (SSSR count). The van der Waals surface area contributed by atoms with Crippen LogP contribution in [0.5, 0.6) is 0 Å². The Morgan fingerprint density at radius 1 is 1.30 bits per heavy atom. The lowest BCUT2D eigenvalue weighted by atomic mass is 10.1. The summed E-state index contributed by atoms with van der Waals surface area (Å²) >= 11 is 0. The minimum atomic E-state index is -3.76. The number of rotatable bonds is 10. The fraction of sp³-hybridized carbons (Fsp3) is 0.316. The molecular weight excluding hydrogens is 410 g/mol. The number of amides is 1. The number of carbonyl (C=O) groups excluding carboxylic acids is 1. The van der Waals surface area contributed by atoms with Crippen LogP contribution in [0.25, 0.3) is 11.3 Å². The molecule has 0 fully saturated rings. The molecule has 0 aliphatic rings. The Balaban J connectivity index is 1.50. The van der Waals surface area contributed by atoms with Crippen molar-refractivity contribution >= 4 is 15.9 Å². The highest BCUT2D eigenvalue weighted by molar-refractivity contribution is 7.88. The van der Waals surface area contributed by atoms with Crippen LogP contribution in [-0.2, 0) is 21.5 Å². The monoisotopic (exact) mass is 433 g/mol. The van der Waals surface area contributed by atoms with Gasteiger partial charge in [-0.05, 0) is 6.42 Å².